The van der Waals surface area contributed by atoms with Crippen molar-refractivity contribution in [3.05, 3.63) is 28.2 Å². The molecular formula is C11H12BrNO3S. The van der Waals surface area contributed by atoms with Gasteiger partial charge in [0.15, 0.2) is 4.75 Å². The van der Waals surface area contributed by atoms with E-state index < -0.39 is 20.7 Å². The number of rotatable bonds is 1. The van der Waals surface area contributed by atoms with E-state index in [1.807, 2.05) is 13.0 Å². The fourth-order valence-electron chi connectivity index (χ4n) is 1.67. The number of hydrogen-bond acceptors (Lipinski definition) is 3. The zero-order chi connectivity index (χ0) is 13.0. The van der Waals surface area contributed by atoms with Crippen LogP contribution < -0.4 is 4.31 Å². The number of aryl methyl sites for hydroxylation is 1. The Balaban J connectivity index is 2.58. The monoisotopic (exact) mass is 317 g/mol. The molecule has 0 bridgehead atoms. The molecule has 4 nitrogen and oxygen atoms in total. The van der Waals surface area contributed by atoms with E-state index in [1.54, 1.807) is 12.1 Å². The number of carbonyl (C=O) groups excluding carboxylic acids is 1. The van der Waals surface area contributed by atoms with Crippen LogP contribution in [0.25, 0.3) is 0 Å². The van der Waals surface area contributed by atoms with E-state index in [0.29, 0.717) is 10.2 Å². The third kappa shape index (κ3) is 1.54. The summed E-state index contributed by atoms with van der Waals surface area (Å²) in [6.07, 6.45) is 0. The number of benzene rings is 1. The van der Waals surface area contributed by atoms with Crippen LogP contribution in [0.4, 0.5) is 5.69 Å². The lowest BCUT2D eigenvalue weighted by Crippen LogP contribution is -2.67. The molecule has 6 heteroatoms. The van der Waals surface area contributed by atoms with Gasteiger partial charge in [-0.3, -0.25) is 4.79 Å². The van der Waals surface area contributed by atoms with E-state index in [0.717, 1.165) is 9.87 Å². The second-order valence-corrected chi connectivity index (χ2v) is 7.73. The van der Waals surface area contributed by atoms with Crippen LogP contribution in [-0.4, -0.2) is 19.1 Å². The Kier molecular flexibility index (Phi) is 2.63. The fraction of sp³-hybridized carbons (Fsp3) is 0.364. The van der Waals surface area contributed by atoms with Crippen LogP contribution >= 0.6 is 15.9 Å². The zero-order valence-corrected chi connectivity index (χ0v) is 12.1. The quantitative estimate of drug-likeness (QED) is 0.798. The highest BCUT2D eigenvalue weighted by molar-refractivity contribution is 9.10. The Morgan fingerprint density at radius 3 is 2.41 bits per heavy atom. The van der Waals surface area contributed by atoms with Gasteiger partial charge in [0.1, 0.15) is 0 Å². The first-order valence-corrected chi connectivity index (χ1v) is 7.28. The summed E-state index contributed by atoms with van der Waals surface area (Å²) in [7, 11) is -3.59. The summed E-state index contributed by atoms with van der Waals surface area (Å²) in [5.41, 5.74) is 1.28. The summed E-state index contributed by atoms with van der Waals surface area (Å²) >= 11 is 3.26. The van der Waals surface area contributed by atoms with Crippen LogP contribution in [0.2, 0.25) is 0 Å². The molecule has 0 saturated carbocycles. The van der Waals surface area contributed by atoms with Gasteiger partial charge < -0.3 is 0 Å². The Hall–Kier alpha value is -0.880. The first-order valence-electron chi connectivity index (χ1n) is 5.05. The van der Waals surface area contributed by atoms with Gasteiger partial charge in [0.05, 0.1) is 5.69 Å². The number of anilines is 1. The van der Waals surface area contributed by atoms with Crippen LogP contribution in [-0.2, 0) is 14.8 Å². The van der Waals surface area contributed by atoms with Crippen LogP contribution in [0.3, 0.4) is 0 Å². The van der Waals surface area contributed by atoms with Crippen molar-refractivity contribution >= 4 is 37.5 Å². The van der Waals surface area contributed by atoms with Crippen molar-refractivity contribution in [1.82, 2.24) is 0 Å². The zero-order valence-electron chi connectivity index (χ0n) is 9.69. The first-order chi connectivity index (χ1) is 7.69. The second kappa shape index (κ2) is 3.55. The molecule has 1 aliphatic rings. The predicted molar refractivity (Wildman–Crippen MR) is 69.4 cm³/mol. The van der Waals surface area contributed by atoms with E-state index in [9.17, 15) is 13.2 Å². The lowest BCUT2D eigenvalue weighted by Gasteiger charge is -2.43. The Bertz CT molecular complexity index is 607. The number of halogens is 1. The van der Waals surface area contributed by atoms with E-state index in [1.165, 1.54) is 13.8 Å². The van der Waals surface area contributed by atoms with Crippen molar-refractivity contribution < 1.29 is 13.2 Å². The smallest absolute Gasteiger partial charge is 0.263 e. The minimum Gasteiger partial charge on any atom is -0.272 e. The molecule has 0 radical (unpaired) electrons. The summed E-state index contributed by atoms with van der Waals surface area (Å²) in [6.45, 7) is 4.69. The molecule has 2 rings (SSSR count). The van der Waals surface area contributed by atoms with Gasteiger partial charge in [0.2, 0.25) is 0 Å². The highest BCUT2D eigenvalue weighted by Crippen LogP contribution is 2.42. The molecule has 0 aliphatic carbocycles. The molecule has 1 aromatic rings. The van der Waals surface area contributed by atoms with Gasteiger partial charge in [0, 0.05) is 4.47 Å². The highest BCUT2D eigenvalue weighted by atomic mass is 79.9. The van der Waals surface area contributed by atoms with Crippen LogP contribution in [0, 0.1) is 6.92 Å². The largest absolute Gasteiger partial charge is 0.272 e. The molecule has 1 amide bonds. The molecular weight excluding hydrogens is 306 g/mol. The lowest BCUT2D eigenvalue weighted by molar-refractivity contribution is -0.120. The summed E-state index contributed by atoms with van der Waals surface area (Å²) in [5, 5.41) is 0. The van der Waals surface area contributed by atoms with Gasteiger partial charge in [-0.15, -0.1) is 0 Å². The third-order valence-electron chi connectivity index (χ3n) is 2.91. The van der Waals surface area contributed by atoms with Gasteiger partial charge in [0.25, 0.3) is 15.9 Å². The molecule has 1 heterocycles. The average Bonchev–Trinajstić information content (AvgIpc) is 2.22. The van der Waals surface area contributed by atoms with E-state index in [-0.39, 0.29) is 0 Å². The molecule has 1 fully saturated rings. The summed E-state index contributed by atoms with van der Waals surface area (Å²) in [6, 6.07) is 5.25. The molecule has 1 aromatic carbocycles. The van der Waals surface area contributed by atoms with Crippen molar-refractivity contribution in [2.75, 3.05) is 4.31 Å². The predicted octanol–water partition coefficient (Wildman–Crippen LogP) is 2.21. The standard InChI is InChI=1S/C11H12BrNO3S/c1-7-4-5-8(12)9(6-7)13-10(14)11(2,3)17(13,15)16/h4-6H,1-3H3. The normalized spacial score (nSPS) is 21.2. The molecule has 0 unspecified atom stereocenters. The maximum Gasteiger partial charge on any atom is 0.263 e. The maximum atomic E-state index is 12.0. The molecule has 17 heavy (non-hydrogen) atoms. The Labute approximate surface area is 109 Å². The summed E-state index contributed by atoms with van der Waals surface area (Å²) < 4.78 is 24.2. The summed E-state index contributed by atoms with van der Waals surface area (Å²) in [5.74, 6) is -0.399. The number of nitrogens with zero attached hydrogens (tertiary/aromatic N) is 1. The summed E-state index contributed by atoms with van der Waals surface area (Å²) in [4.78, 5) is 11.9. The number of hydrogen-bond donors (Lipinski definition) is 0. The molecule has 1 saturated heterocycles. The number of amides is 1. The minimum atomic E-state index is -3.59. The van der Waals surface area contributed by atoms with E-state index in [4.69, 9.17) is 0 Å². The van der Waals surface area contributed by atoms with Gasteiger partial charge in [-0.1, -0.05) is 6.07 Å². The van der Waals surface area contributed by atoms with Crippen LogP contribution in [0.1, 0.15) is 19.4 Å². The molecule has 0 aromatic heterocycles. The average molecular weight is 318 g/mol. The van der Waals surface area contributed by atoms with Gasteiger partial charge in [-0.2, -0.15) is 0 Å². The van der Waals surface area contributed by atoms with Crippen molar-refractivity contribution in [2.24, 2.45) is 0 Å². The van der Waals surface area contributed by atoms with Crippen molar-refractivity contribution in [3.8, 4) is 0 Å². The molecule has 0 spiro atoms. The third-order valence-corrected chi connectivity index (χ3v) is 5.88. The molecule has 1 aliphatic heterocycles. The van der Waals surface area contributed by atoms with Crippen molar-refractivity contribution in [3.63, 3.8) is 0 Å². The van der Waals surface area contributed by atoms with Crippen LogP contribution in [0.5, 0.6) is 0 Å². The van der Waals surface area contributed by atoms with Crippen LogP contribution in [0.15, 0.2) is 22.7 Å². The number of sulfonamides is 1. The minimum absolute atomic E-state index is 0.384. The van der Waals surface area contributed by atoms with E-state index in [2.05, 4.69) is 15.9 Å². The van der Waals surface area contributed by atoms with E-state index >= 15 is 0 Å². The Morgan fingerprint density at radius 2 is 1.88 bits per heavy atom. The fourth-order valence-corrected chi connectivity index (χ4v) is 3.70. The van der Waals surface area contributed by atoms with Crippen molar-refractivity contribution in [2.45, 2.75) is 25.5 Å². The first kappa shape index (κ1) is 12.6. The maximum absolute atomic E-state index is 12.0. The van der Waals surface area contributed by atoms with Gasteiger partial charge in [-0.05, 0) is 54.4 Å². The molecule has 92 valence electrons. The topological polar surface area (TPSA) is 54.5 Å². The number of carbonyl (C=O) groups is 1. The van der Waals surface area contributed by atoms with Gasteiger partial charge >= 0.3 is 0 Å². The molecule has 0 N–H and O–H groups in total. The highest BCUT2D eigenvalue weighted by Gasteiger charge is 2.61. The molecule has 0 atom stereocenters. The van der Waals surface area contributed by atoms with Gasteiger partial charge in [-0.25, -0.2) is 12.7 Å². The lowest BCUT2D eigenvalue weighted by atomic mass is 10.1. The Morgan fingerprint density at radius 1 is 1.29 bits per heavy atom. The second-order valence-electron chi connectivity index (χ2n) is 4.54. The SMILES string of the molecule is Cc1ccc(Br)c(N2C(=O)C(C)(C)S2(=O)=O)c1. The van der Waals surface area contributed by atoms with Crippen molar-refractivity contribution in [1.29, 1.82) is 0 Å².